The molecule has 0 heterocycles. The molecule has 0 aromatic rings. The van der Waals surface area contributed by atoms with Gasteiger partial charge >= 0.3 is 0 Å². The molecule has 0 amide bonds. The van der Waals surface area contributed by atoms with E-state index in [1.807, 2.05) is 0 Å². The van der Waals surface area contributed by atoms with E-state index >= 15 is 0 Å². The van der Waals surface area contributed by atoms with Gasteiger partial charge in [0.25, 0.3) is 0 Å². The van der Waals surface area contributed by atoms with Crippen LogP contribution in [0.1, 0.15) is 0 Å². The Morgan fingerprint density at radius 2 is 1.19 bits per heavy atom. The summed E-state index contributed by atoms with van der Waals surface area (Å²) in [6, 6.07) is 0. The van der Waals surface area contributed by atoms with E-state index in [0.717, 1.165) is 0 Å². The Labute approximate surface area is 174 Å². The van der Waals surface area contributed by atoms with Gasteiger partial charge in [-0.3, -0.25) is 0 Å². The van der Waals surface area contributed by atoms with Crippen molar-refractivity contribution in [2.75, 3.05) is 5.34 Å². The molecule has 0 unspecified atom stereocenters. The molecule has 2 radical (unpaired) electrons. The smallest absolute Gasteiger partial charge is 0.207 e. The largest absolute Gasteiger partial charge is 0.563 e. The van der Waals surface area contributed by atoms with Gasteiger partial charge in [0.1, 0.15) is 0 Å². The Kier molecular flexibility index (Phi) is 915. The molecule has 0 bridgehead atoms. The minimum atomic E-state index is 0. The molecule has 0 atom stereocenters. The first kappa shape index (κ1) is 62.7. The number of hydrogen-bond acceptors (Lipinski definition) is 3. The first-order chi connectivity index (χ1) is 5.83. The van der Waals surface area contributed by atoms with Crippen LogP contribution in [0, 0.1) is 32.1 Å². The zero-order valence-electron chi connectivity index (χ0n) is 10.1. The van der Waals surface area contributed by atoms with Crippen molar-refractivity contribution in [2.45, 2.75) is 5.79 Å². The van der Waals surface area contributed by atoms with E-state index in [2.05, 4.69) is 28.5 Å². The summed E-state index contributed by atoms with van der Waals surface area (Å²) in [5.74, 6) is 2.14. The molecule has 16 heavy (non-hydrogen) atoms. The molecule has 96 valence electrons. The average molecular weight is 457 g/mol. The molecule has 0 fully saturated rings. The van der Waals surface area contributed by atoms with Crippen LogP contribution >= 0.6 is 35.0 Å². The Bertz CT molecular complexity index is 66.3. The van der Waals surface area contributed by atoms with Crippen LogP contribution < -0.4 is 11.0 Å². The van der Waals surface area contributed by atoms with E-state index < -0.39 is 0 Å². The number of nitrogens with two attached hydrogens (primary N) is 2. The minimum absolute atomic E-state index is 0. The molecule has 0 saturated heterocycles. The Balaban J connectivity index is -0.00000000522. The predicted octanol–water partition coefficient (Wildman–Crippen LogP) is 1.61. The summed E-state index contributed by atoms with van der Waals surface area (Å²) in [6.07, 6.45) is 1.50. The van der Waals surface area contributed by atoms with Crippen molar-refractivity contribution < 1.29 is 65.4 Å². The molecule has 10 heteroatoms. The van der Waals surface area contributed by atoms with E-state index in [0.29, 0.717) is 0 Å². The van der Waals surface area contributed by atoms with Crippen molar-refractivity contribution >= 4 is 57.6 Å². The maximum Gasteiger partial charge on any atom is 0.207 e. The second kappa shape index (κ2) is 233. The van der Waals surface area contributed by atoms with Crippen LogP contribution in [0.4, 0.5) is 0 Å². The molecule has 0 aliphatic carbocycles. The van der Waals surface area contributed by atoms with E-state index in [1.54, 1.807) is 0 Å². The van der Waals surface area contributed by atoms with Crippen molar-refractivity contribution in [3.8, 4) is 0 Å². The number of hydrogen-bond donors (Lipinski definition) is 3. The van der Waals surface area contributed by atoms with Gasteiger partial charge in [-0.05, 0) is 11.8 Å². The number of halogens is 3. The Morgan fingerprint density at radius 3 is 1.19 bits per heavy atom. The van der Waals surface area contributed by atoms with Crippen molar-refractivity contribution in [2.24, 2.45) is 11.0 Å². The van der Waals surface area contributed by atoms with Crippen LogP contribution in [0.2, 0.25) is 5.79 Å². The topological polar surface area (TPSA) is 99.7 Å². The monoisotopic (exact) mass is 456 g/mol. The summed E-state index contributed by atoms with van der Waals surface area (Å²) in [4.78, 5) is 0. The molecular weight excluding hydrogens is 439 g/mol. The van der Waals surface area contributed by atoms with Crippen LogP contribution in [0.5, 0.6) is 0 Å². The van der Waals surface area contributed by atoms with Crippen LogP contribution in [0.3, 0.4) is 0 Å². The quantitative estimate of drug-likeness (QED) is 0.0981. The molecule has 5 N–H and O–H groups in total. The van der Waals surface area contributed by atoms with Gasteiger partial charge in [-0.2, -0.15) is 0 Å². The van der Waals surface area contributed by atoms with Crippen LogP contribution in [-0.2, 0) is 65.4 Å². The van der Waals surface area contributed by atoms with Crippen molar-refractivity contribution in [1.82, 2.24) is 0 Å². The summed E-state index contributed by atoms with van der Waals surface area (Å²) in [6.45, 7) is 4.75. The first-order valence-corrected chi connectivity index (χ1v) is 6.02. The van der Waals surface area contributed by atoms with Gasteiger partial charge in [-0.15, -0.1) is 29.0 Å². The van der Waals surface area contributed by atoms with E-state index in [4.69, 9.17) is 40.4 Å². The van der Waals surface area contributed by atoms with Gasteiger partial charge in [0.2, 0.25) is 16.3 Å². The second-order valence-electron chi connectivity index (χ2n) is 0.245. The molecular formula is C6H18AlCl3N4Y2-4. The van der Waals surface area contributed by atoms with Crippen molar-refractivity contribution in [3.63, 3.8) is 0 Å². The predicted molar refractivity (Wildman–Crippen MR) is 70.7 cm³/mol. The standard InChI is InChI=1S/CH2Cl2.CH3N2.CN.3CH3.Al.ClH2N.2Y.2H/c2*2-1-3;1-2;;;;;1-2;;;;/h1H2;(H3,2,3);;3*1H3;;2H2;;;;/q;2*-1;;2*-1;;;;;;. The molecule has 0 aromatic heterocycles. The summed E-state index contributed by atoms with van der Waals surface area (Å²) in [7, 11) is 0. The summed E-state index contributed by atoms with van der Waals surface area (Å²) in [5, 5.41) is 16.2. The summed E-state index contributed by atoms with van der Waals surface area (Å²) >= 11 is 15.0. The summed E-state index contributed by atoms with van der Waals surface area (Å²) in [5.41, 5.74) is 4.26. The third-order valence-electron chi connectivity index (χ3n) is 0. The summed E-state index contributed by atoms with van der Waals surface area (Å²) < 4.78 is 0. The maximum absolute atomic E-state index is 6.25. The fourth-order valence-corrected chi connectivity index (χ4v) is 0. The second-order valence-corrected chi connectivity index (χ2v) is 1.05. The zero-order valence-corrected chi connectivity index (χ0v) is 20.0. The number of alkyl halides is 2. The van der Waals surface area contributed by atoms with E-state index in [9.17, 15) is 0 Å². The van der Waals surface area contributed by atoms with Gasteiger partial charge < -0.3 is 44.2 Å². The zero-order chi connectivity index (χ0) is 11.4. The van der Waals surface area contributed by atoms with Gasteiger partial charge in [0, 0.05) is 65.4 Å². The van der Waals surface area contributed by atoms with Crippen LogP contribution in [0.25, 0.3) is 0 Å². The number of nitrogens with one attached hydrogen (secondary N) is 1. The average Bonchev–Trinajstić information content (AvgIpc) is 2.16. The normalized spacial score (nSPS) is 2.69. The molecule has 4 nitrogen and oxygen atoms in total. The fraction of sp³-hybridized carbons (Fsp3) is 0.333. The van der Waals surface area contributed by atoms with Crippen LogP contribution in [-0.4, -0.2) is 28.0 Å². The Morgan fingerprint density at radius 1 is 1.19 bits per heavy atom. The van der Waals surface area contributed by atoms with Gasteiger partial charge in [0.05, 0.1) is 5.34 Å². The third kappa shape index (κ3) is 623. The molecule has 0 aromatic carbocycles. The molecule has 0 rings (SSSR count). The maximum atomic E-state index is 6.25. The van der Waals surface area contributed by atoms with Gasteiger partial charge in [-0.1, -0.05) is 0 Å². The van der Waals surface area contributed by atoms with Crippen LogP contribution in [0.15, 0.2) is 0 Å². The molecule has 0 aliphatic rings. The number of nitrogens with zero attached hydrogens (tertiary/aromatic N) is 1. The molecule has 0 aliphatic heterocycles. The molecule has 0 spiro atoms. The number of rotatable bonds is 0. The van der Waals surface area contributed by atoms with Gasteiger partial charge in [0.15, 0.2) is 0 Å². The van der Waals surface area contributed by atoms with Crippen molar-refractivity contribution in [3.05, 3.63) is 21.4 Å². The minimum Gasteiger partial charge on any atom is -0.563 e. The van der Waals surface area contributed by atoms with E-state index in [1.165, 1.54) is 22.6 Å². The van der Waals surface area contributed by atoms with E-state index in [-0.39, 0.29) is 85.6 Å². The SMILES string of the molecule is ClCCl.N=[C-]N.NCl.[C-]#N.[CH3-].[CH3-].[CH3][AlH2].[Y].[Y]. The molecule has 0 saturated carbocycles. The third-order valence-corrected chi connectivity index (χ3v) is 0. The first-order valence-electron chi connectivity index (χ1n) is 2.52. The van der Waals surface area contributed by atoms with Crippen molar-refractivity contribution in [1.29, 1.82) is 10.7 Å². The Hall–Kier alpha value is 2.53. The fourth-order valence-electron chi connectivity index (χ4n) is 0. The van der Waals surface area contributed by atoms with Gasteiger partial charge in [-0.25, -0.2) is 5.25 Å².